The van der Waals surface area contributed by atoms with Gasteiger partial charge in [-0.3, -0.25) is 14.9 Å². The molecule has 1 aliphatic heterocycles. The number of nitrogens with zero attached hydrogens (tertiary/aromatic N) is 2. The van der Waals surface area contributed by atoms with E-state index in [2.05, 4.69) is 22.6 Å². The van der Waals surface area contributed by atoms with Crippen molar-refractivity contribution in [1.29, 1.82) is 0 Å². The molecule has 0 bridgehead atoms. The maximum absolute atomic E-state index is 12.8. The Bertz CT molecular complexity index is 1260. The topological polar surface area (TPSA) is 122 Å². The lowest BCUT2D eigenvalue weighted by Crippen LogP contribution is -2.48. The molecule has 0 spiro atoms. The molecule has 0 saturated carbocycles. The van der Waals surface area contributed by atoms with Gasteiger partial charge in [0.25, 0.3) is 5.91 Å². The number of carboxylic acids is 1. The number of rotatable bonds is 5. The molecule has 0 radical (unpaired) electrons. The number of aliphatic carboxylic acids is 1. The second-order valence-corrected chi connectivity index (χ2v) is 9.22. The number of ether oxygens (including phenoxy) is 1. The van der Waals surface area contributed by atoms with Crippen LogP contribution in [0, 0.1) is 5.41 Å². The Morgan fingerprint density at radius 1 is 1.14 bits per heavy atom. The number of nitrogens with one attached hydrogen (secondary N) is 1. The van der Waals surface area contributed by atoms with Crippen molar-refractivity contribution in [3.63, 3.8) is 0 Å². The van der Waals surface area contributed by atoms with Crippen LogP contribution in [0.15, 0.2) is 59.1 Å². The monoisotopic (exact) mass is 475 g/mol. The summed E-state index contributed by atoms with van der Waals surface area (Å²) >= 11 is 0. The Labute approximate surface area is 201 Å². The highest BCUT2D eigenvalue weighted by molar-refractivity contribution is 5.94. The highest BCUT2D eigenvalue weighted by Gasteiger charge is 2.40. The molecular formula is C26H25N3O6. The second-order valence-electron chi connectivity index (χ2n) is 9.22. The molecule has 2 aliphatic rings. The number of anilines is 1. The van der Waals surface area contributed by atoms with Crippen LogP contribution in [0.4, 0.5) is 10.7 Å². The molecule has 1 aromatic heterocycles. The molecule has 2 heterocycles. The van der Waals surface area contributed by atoms with Gasteiger partial charge in [-0.25, -0.2) is 4.79 Å². The molecule has 2 amide bonds. The van der Waals surface area contributed by atoms with E-state index in [0.29, 0.717) is 19.4 Å². The third-order valence-corrected chi connectivity index (χ3v) is 6.80. The van der Waals surface area contributed by atoms with Crippen LogP contribution in [0.1, 0.15) is 47.3 Å². The average Bonchev–Trinajstić information content (AvgIpc) is 3.45. The van der Waals surface area contributed by atoms with Crippen LogP contribution in [-0.2, 0) is 9.53 Å². The molecule has 1 aliphatic carbocycles. The number of piperidine rings is 1. The Morgan fingerprint density at radius 2 is 1.80 bits per heavy atom. The summed E-state index contributed by atoms with van der Waals surface area (Å²) in [6.45, 7) is 2.29. The van der Waals surface area contributed by atoms with E-state index in [-0.39, 0.29) is 30.6 Å². The standard InChI is InChI=1S/C26H25N3O6/c1-26(24(31)32)11-6-12-29(15-26)23(30)21-13-22(35-28-21)27-25(33)34-14-20-18-9-4-2-7-16(18)17-8-3-5-10-19(17)20/h2-5,7-10,13,20H,6,11-12,14-15H2,1H3,(H,27,33)(H,31,32). The highest BCUT2D eigenvalue weighted by Crippen LogP contribution is 2.44. The van der Waals surface area contributed by atoms with Crippen molar-refractivity contribution in [2.45, 2.75) is 25.7 Å². The Balaban J connectivity index is 1.21. The molecule has 1 saturated heterocycles. The SMILES string of the molecule is CC1(C(=O)O)CCCN(C(=O)c2cc(NC(=O)OCC3c4ccccc4-c4ccccc43)on2)C1. The van der Waals surface area contributed by atoms with E-state index in [9.17, 15) is 19.5 Å². The lowest BCUT2D eigenvalue weighted by Gasteiger charge is -2.37. The molecule has 1 fully saturated rings. The fraction of sp³-hybridized carbons (Fsp3) is 0.308. The molecule has 5 rings (SSSR count). The summed E-state index contributed by atoms with van der Waals surface area (Å²) in [6, 6.07) is 17.4. The zero-order chi connectivity index (χ0) is 24.6. The van der Waals surface area contributed by atoms with E-state index in [1.807, 2.05) is 36.4 Å². The van der Waals surface area contributed by atoms with Crippen molar-refractivity contribution in [1.82, 2.24) is 10.1 Å². The molecule has 35 heavy (non-hydrogen) atoms. The van der Waals surface area contributed by atoms with Crippen LogP contribution < -0.4 is 5.32 Å². The van der Waals surface area contributed by atoms with Crippen LogP contribution in [-0.4, -0.2) is 52.8 Å². The van der Waals surface area contributed by atoms with E-state index in [4.69, 9.17) is 9.26 Å². The molecule has 3 aromatic rings. The van der Waals surface area contributed by atoms with Gasteiger partial charge in [-0.15, -0.1) is 0 Å². The first-order chi connectivity index (χ1) is 16.9. The van der Waals surface area contributed by atoms with E-state index in [1.54, 1.807) is 6.92 Å². The number of likely N-dealkylation sites (tertiary alicyclic amines) is 1. The van der Waals surface area contributed by atoms with E-state index in [0.717, 1.165) is 22.3 Å². The van der Waals surface area contributed by atoms with Gasteiger partial charge in [0.05, 0.1) is 5.41 Å². The fourth-order valence-corrected chi connectivity index (χ4v) is 4.92. The van der Waals surface area contributed by atoms with Gasteiger partial charge in [-0.05, 0) is 42.0 Å². The first-order valence-electron chi connectivity index (χ1n) is 11.5. The zero-order valence-electron chi connectivity index (χ0n) is 19.2. The van der Waals surface area contributed by atoms with E-state index in [1.165, 1.54) is 11.0 Å². The van der Waals surface area contributed by atoms with Gasteiger partial charge in [0.15, 0.2) is 5.69 Å². The largest absolute Gasteiger partial charge is 0.481 e. The molecule has 1 unspecified atom stereocenters. The van der Waals surface area contributed by atoms with Crippen LogP contribution in [0.2, 0.25) is 0 Å². The van der Waals surface area contributed by atoms with Crippen LogP contribution in [0.5, 0.6) is 0 Å². The number of amides is 2. The van der Waals surface area contributed by atoms with Crippen molar-refractivity contribution in [3.8, 4) is 11.1 Å². The summed E-state index contributed by atoms with van der Waals surface area (Å²) in [6.07, 6.45) is 0.356. The molecule has 9 heteroatoms. The maximum atomic E-state index is 12.8. The maximum Gasteiger partial charge on any atom is 0.414 e. The lowest BCUT2D eigenvalue weighted by molar-refractivity contribution is -0.150. The van der Waals surface area contributed by atoms with Crippen molar-refractivity contribution in [2.24, 2.45) is 5.41 Å². The van der Waals surface area contributed by atoms with Gasteiger partial charge in [0, 0.05) is 25.1 Å². The number of aromatic nitrogens is 1. The molecular weight excluding hydrogens is 450 g/mol. The fourth-order valence-electron chi connectivity index (χ4n) is 4.92. The summed E-state index contributed by atoms with van der Waals surface area (Å²) in [7, 11) is 0. The highest BCUT2D eigenvalue weighted by atomic mass is 16.6. The van der Waals surface area contributed by atoms with Gasteiger partial charge in [-0.1, -0.05) is 53.7 Å². The Kier molecular flexibility index (Phi) is 5.76. The number of carbonyl (C=O) groups excluding carboxylic acids is 2. The van der Waals surface area contributed by atoms with Gasteiger partial charge in [0.1, 0.15) is 6.61 Å². The van der Waals surface area contributed by atoms with Crippen LogP contribution in [0.25, 0.3) is 11.1 Å². The number of carbonyl (C=O) groups is 3. The first kappa shape index (κ1) is 22.6. The van der Waals surface area contributed by atoms with Gasteiger partial charge < -0.3 is 19.3 Å². The minimum absolute atomic E-state index is 0.00594. The molecule has 180 valence electrons. The van der Waals surface area contributed by atoms with Gasteiger partial charge in [0.2, 0.25) is 5.88 Å². The van der Waals surface area contributed by atoms with Gasteiger partial charge in [-0.2, -0.15) is 0 Å². The summed E-state index contributed by atoms with van der Waals surface area (Å²) in [5.74, 6) is -1.49. The summed E-state index contributed by atoms with van der Waals surface area (Å²) in [5.41, 5.74) is 3.46. The van der Waals surface area contributed by atoms with E-state index < -0.39 is 23.4 Å². The zero-order valence-corrected chi connectivity index (χ0v) is 19.2. The summed E-state index contributed by atoms with van der Waals surface area (Å²) < 4.78 is 10.6. The number of hydrogen-bond donors (Lipinski definition) is 2. The number of benzene rings is 2. The molecule has 2 aromatic carbocycles. The Hall–Kier alpha value is -4.14. The van der Waals surface area contributed by atoms with Crippen LogP contribution >= 0.6 is 0 Å². The predicted octanol–water partition coefficient (Wildman–Crippen LogP) is 4.36. The van der Waals surface area contributed by atoms with Crippen molar-refractivity contribution >= 4 is 23.9 Å². The average molecular weight is 476 g/mol. The lowest BCUT2D eigenvalue weighted by atomic mass is 9.82. The minimum atomic E-state index is -1.000. The molecule has 2 N–H and O–H groups in total. The van der Waals surface area contributed by atoms with Crippen LogP contribution in [0.3, 0.4) is 0 Å². The summed E-state index contributed by atoms with van der Waals surface area (Å²) in [4.78, 5) is 38.3. The minimum Gasteiger partial charge on any atom is -0.481 e. The quantitative estimate of drug-likeness (QED) is 0.562. The van der Waals surface area contributed by atoms with E-state index >= 15 is 0 Å². The second kappa shape index (κ2) is 8.90. The van der Waals surface area contributed by atoms with Crippen molar-refractivity contribution < 1.29 is 28.8 Å². The smallest absolute Gasteiger partial charge is 0.414 e. The normalized spacial score (nSPS) is 19.1. The van der Waals surface area contributed by atoms with Gasteiger partial charge >= 0.3 is 12.1 Å². The van der Waals surface area contributed by atoms with Crippen molar-refractivity contribution in [3.05, 3.63) is 71.4 Å². The molecule has 1 atom stereocenters. The molecule has 9 nitrogen and oxygen atoms in total. The number of hydrogen-bond acceptors (Lipinski definition) is 6. The number of fused-ring (bicyclic) bond motifs is 3. The third kappa shape index (κ3) is 4.25. The first-order valence-corrected chi connectivity index (χ1v) is 11.5. The predicted molar refractivity (Wildman–Crippen MR) is 126 cm³/mol. The number of carboxylic acid groups (broad SMARTS) is 1. The van der Waals surface area contributed by atoms with Crippen molar-refractivity contribution in [2.75, 3.05) is 25.0 Å². The summed E-state index contributed by atoms with van der Waals surface area (Å²) in [5, 5.41) is 15.7. The Morgan fingerprint density at radius 3 is 2.46 bits per heavy atom. The third-order valence-electron chi connectivity index (χ3n) is 6.80.